The number of aromatic amines is 1. The molecule has 1 aliphatic rings. The van der Waals surface area contributed by atoms with E-state index in [2.05, 4.69) is 64.6 Å². The number of thiophene rings is 1. The number of aryl methyl sites for hydroxylation is 1. The van der Waals surface area contributed by atoms with Gasteiger partial charge in [0, 0.05) is 55.1 Å². The van der Waals surface area contributed by atoms with Crippen molar-refractivity contribution < 1.29 is 4.79 Å². The van der Waals surface area contributed by atoms with E-state index in [1.807, 2.05) is 35.5 Å². The Bertz CT molecular complexity index is 1000. The first-order valence-corrected chi connectivity index (χ1v) is 12.6. The summed E-state index contributed by atoms with van der Waals surface area (Å²) in [5.41, 5.74) is 2.55. The molecule has 0 spiro atoms. The third-order valence-corrected chi connectivity index (χ3v) is 8.26. The van der Waals surface area contributed by atoms with Gasteiger partial charge >= 0.3 is 0 Å². The molecule has 2 aromatic heterocycles. The summed E-state index contributed by atoms with van der Waals surface area (Å²) in [6, 6.07) is 12.7. The Kier molecular flexibility index (Phi) is 7.33. The minimum Gasteiger partial charge on any atom is -0.361 e. The van der Waals surface area contributed by atoms with Crippen LogP contribution in [0.1, 0.15) is 36.1 Å². The van der Waals surface area contributed by atoms with Crippen LogP contribution in [0.2, 0.25) is 0 Å². The molecule has 0 saturated carbocycles. The van der Waals surface area contributed by atoms with Crippen molar-refractivity contribution in [3.8, 4) is 0 Å². The van der Waals surface area contributed by atoms with Crippen LogP contribution in [0.15, 0.2) is 48.0 Å². The molecule has 32 heavy (non-hydrogen) atoms. The fourth-order valence-corrected chi connectivity index (χ4v) is 6.10. The maximum absolute atomic E-state index is 12.6. The second-order valence-corrected chi connectivity index (χ2v) is 10.2. The first-order chi connectivity index (χ1) is 15.5. The molecule has 0 atom stereocenters. The molecule has 0 bridgehead atoms. The van der Waals surface area contributed by atoms with Crippen LogP contribution in [0.3, 0.4) is 0 Å². The van der Waals surface area contributed by atoms with E-state index in [0.717, 1.165) is 44.5 Å². The highest BCUT2D eigenvalue weighted by Crippen LogP contribution is 2.39. The molecule has 1 aromatic carbocycles. The number of nitrogens with zero attached hydrogens (tertiary/aromatic N) is 3. The average Bonchev–Trinajstić information content (AvgIpc) is 3.48. The van der Waals surface area contributed by atoms with Gasteiger partial charge < -0.3 is 14.8 Å². The van der Waals surface area contributed by atoms with E-state index < -0.39 is 0 Å². The maximum atomic E-state index is 12.6. The van der Waals surface area contributed by atoms with Crippen molar-refractivity contribution in [3.63, 3.8) is 0 Å². The van der Waals surface area contributed by atoms with Crippen LogP contribution in [0.25, 0.3) is 10.9 Å². The van der Waals surface area contributed by atoms with Crippen molar-refractivity contribution >= 4 is 28.1 Å². The molecule has 0 aliphatic carbocycles. The molecule has 172 valence electrons. The Morgan fingerprint density at radius 3 is 2.62 bits per heavy atom. The molecule has 5 nitrogen and oxygen atoms in total. The smallest absolute Gasteiger partial charge is 0.222 e. The van der Waals surface area contributed by atoms with Gasteiger partial charge in [0.05, 0.1) is 5.54 Å². The Labute approximate surface area is 196 Å². The van der Waals surface area contributed by atoms with E-state index >= 15 is 0 Å². The summed E-state index contributed by atoms with van der Waals surface area (Å²) >= 11 is 1.88. The number of benzene rings is 1. The lowest BCUT2D eigenvalue weighted by atomic mass is 9.84. The van der Waals surface area contributed by atoms with Gasteiger partial charge in [-0.1, -0.05) is 24.3 Å². The second-order valence-electron chi connectivity index (χ2n) is 9.27. The number of hydrogen-bond donors (Lipinski definition) is 1. The highest BCUT2D eigenvalue weighted by atomic mass is 32.1. The van der Waals surface area contributed by atoms with Crippen molar-refractivity contribution in [1.82, 2.24) is 19.7 Å². The number of rotatable bonds is 9. The molecular formula is C26H36N4OS. The Balaban J connectivity index is 1.20. The van der Waals surface area contributed by atoms with Gasteiger partial charge in [-0.05, 0) is 69.4 Å². The zero-order chi connectivity index (χ0) is 22.6. The summed E-state index contributed by atoms with van der Waals surface area (Å²) in [7, 11) is 6.38. The molecule has 1 amide bonds. The van der Waals surface area contributed by atoms with Gasteiger partial charge in [-0.15, -0.1) is 11.3 Å². The lowest BCUT2D eigenvalue weighted by Crippen LogP contribution is -2.50. The predicted octanol–water partition coefficient (Wildman–Crippen LogP) is 4.56. The summed E-state index contributed by atoms with van der Waals surface area (Å²) in [5.74, 6) is 0.234. The zero-order valence-electron chi connectivity index (χ0n) is 19.6. The summed E-state index contributed by atoms with van der Waals surface area (Å²) in [6.07, 6.45) is 6.75. The zero-order valence-corrected chi connectivity index (χ0v) is 20.5. The van der Waals surface area contributed by atoms with Crippen molar-refractivity contribution in [1.29, 1.82) is 0 Å². The summed E-state index contributed by atoms with van der Waals surface area (Å²) in [4.78, 5) is 24.3. The number of likely N-dealkylation sites (tertiary alicyclic amines) is 1. The van der Waals surface area contributed by atoms with Crippen LogP contribution in [0, 0.1) is 0 Å². The molecule has 4 rings (SSSR count). The number of hydrogen-bond acceptors (Lipinski definition) is 4. The molecule has 3 aromatic rings. The van der Waals surface area contributed by atoms with Crippen LogP contribution in [0.4, 0.5) is 0 Å². The van der Waals surface area contributed by atoms with Crippen molar-refractivity contribution in [3.05, 3.63) is 58.4 Å². The molecule has 1 N–H and O–H groups in total. The Hall–Kier alpha value is -2.15. The van der Waals surface area contributed by atoms with Gasteiger partial charge in [0.15, 0.2) is 0 Å². The minimum atomic E-state index is 0.180. The Morgan fingerprint density at radius 1 is 1.12 bits per heavy atom. The van der Waals surface area contributed by atoms with Gasteiger partial charge in [0.2, 0.25) is 5.91 Å². The number of H-pyrrole nitrogens is 1. The molecule has 1 saturated heterocycles. The van der Waals surface area contributed by atoms with Crippen molar-refractivity contribution in [2.24, 2.45) is 0 Å². The number of amides is 1. The molecule has 0 unspecified atom stereocenters. The number of nitrogens with one attached hydrogen (secondary N) is 1. The first-order valence-electron chi connectivity index (χ1n) is 11.7. The lowest BCUT2D eigenvalue weighted by molar-refractivity contribution is -0.129. The van der Waals surface area contributed by atoms with Gasteiger partial charge in [-0.2, -0.15) is 0 Å². The minimum absolute atomic E-state index is 0.180. The van der Waals surface area contributed by atoms with Gasteiger partial charge in [0.1, 0.15) is 0 Å². The number of carbonyl (C=O) groups excluding carboxylic acids is 1. The molecule has 0 radical (unpaired) electrons. The van der Waals surface area contributed by atoms with E-state index in [0.29, 0.717) is 6.42 Å². The van der Waals surface area contributed by atoms with Crippen molar-refractivity contribution in [2.75, 3.05) is 47.3 Å². The van der Waals surface area contributed by atoms with Crippen LogP contribution in [0.5, 0.6) is 0 Å². The first kappa shape index (κ1) is 23.0. The van der Waals surface area contributed by atoms with Crippen LogP contribution < -0.4 is 0 Å². The number of piperidine rings is 1. The molecule has 1 fully saturated rings. The Morgan fingerprint density at radius 2 is 1.91 bits per heavy atom. The van der Waals surface area contributed by atoms with Crippen LogP contribution >= 0.6 is 11.3 Å². The third-order valence-electron chi connectivity index (χ3n) is 7.20. The fourth-order valence-electron chi connectivity index (χ4n) is 5.03. The molecule has 3 heterocycles. The number of fused-ring (bicyclic) bond motifs is 1. The number of carbonyl (C=O) groups is 1. The van der Waals surface area contributed by atoms with E-state index in [-0.39, 0.29) is 11.4 Å². The number of para-hydroxylation sites is 1. The van der Waals surface area contributed by atoms with Gasteiger partial charge in [-0.3, -0.25) is 9.69 Å². The van der Waals surface area contributed by atoms with Crippen molar-refractivity contribution in [2.45, 2.75) is 37.6 Å². The van der Waals surface area contributed by atoms with Crippen LogP contribution in [-0.2, 0) is 16.8 Å². The molecule has 1 aliphatic heterocycles. The van der Waals surface area contributed by atoms with Gasteiger partial charge in [0.25, 0.3) is 0 Å². The lowest BCUT2D eigenvalue weighted by Gasteiger charge is -2.46. The third kappa shape index (κ3) is 4.92. The largest absolute Gasteiger partial charge is 0.361 e. The molecular weight excluding hydrogens is 416 g/mol. The summed E-state index contributed by atoms with van der Waals surface area (Å²) in [6.45, 7) is 4.13. The quantitative estimate of drug-likeness (QED) is 0.517. The fraction of sp³-hybridized carbons (Fsp3) is 0.500. The predicted molar refractivity (Wildman–Crippen MR) is 134 cm³/mol. The normalized spacial score (nSPS) is 16.6. The van der Waals surface area contributed by atoms with E-state index in [1.54, 1.807) is 0 Å². The number of aromatic nitrogens is 1. The highest BCUT2D eigenvalue weighted by molar-refractivity contribution is 7.10. The topological polar surface area (TPSA) is 42.6 Å². The summed E-state index contributed by atoms with van der Waals surface area (Å²) < 4.78 is 0. The highest BCUT2D eigenvalue weighted by Gasteiger charge is 2.38. The molecule has 6 heteroatoms. The van der Waals surface area contributed by atoms with Gasteiger partial charge in [-0.25, -0.2) is 0 Å². The van der Waals surface area contributed by atoms with Crippen LogP contribution in [-0.4, -0.2) is 72.9 Å². The van der Waals surface area contributed by atoms with E-state index in [9.17, 15) is 4.79 Å². The average molecular weight is 453 g/mol. The standard InChI is InChI=1S/C26H36N4OS/c1-28(2)26(24-10-6-19-32-24)13-17-30(18-14-26)16-7-15-29(3)25(31)12-11-21-20-27-23-9-5-4-8-22(21)23/h4-6,8-10,19-20,27H,7,11-18H2,1-3H3. The second kappa shape index (κ2) is 10.2. The monoisotopic (exact) mass is 452 g/mol. The summed E-state index contributed by atoms with van der Waals surface area (Å²) in [5, 5.41) is 3.42. The maximum Gasteiger partial charge on any atom is 0.222 e. The van der Waals surface area contributed by atoms with E-state index in [4.69, 9.17) is 0 Å². The van der Waals surface area contributed by atoms with E-state index in [1.165, 1.54) is 28.7 Å². The SMILES string of the molecule is CN(CCCN1CCC(c2cccs2)(N(C)C)CC1)C(=O)CCc1c[nH]c2ccccc12.